The molecule has 0 heterocycles. The molecule has 6 nitrogen and oxygen atoms in total. The lowest BCUT2D eigenvalue weighted by Gasteiger charge is -2.23. The summed E-state index contributed by atoms with van der Waals surface area (Å²) < 4.78 is 13.9. The number of hydrogen-bond donors (Lipinski definition) is 3. The molecule has 8 heteroatoms. The summed E-state index contributed by atoms with van der Waals surface area (Å²) in [6.45, 7) is 0.706. The quantitative estimate of drug-likeness (QED) is 0.299. The van der Waals surface area contributed by atoms with Gasteiger partial charge in [-0.05, 0) is 61.2 Å². The van der Waals surface area contributed by atoms with E-state index in [1.807, 2.05) is 48.7 Å². The third-order valence-corrected chi connectivity index (χ3v) is 5.36. The number of amides is 4. The van der Waals surface area contributed by atoms with Crippen LogP contribution >= 0.6 is 11.8 Å². The van der Waals surface area contributed by atoms with Crippen LogP contribution in [0.1, 0.15) is 6.42 Å². The Morgan fingerprint density at radius 3 is 2.28 bits per heavy atom. The van der Waals surface area contributed by atoms with Crippen molar-refractivity contribution in [2.24, 2.45) is 0 Å². The maximum Gasteiger partial charge on any atom is 0.326 e. The average Bonchev–Trinajstić information content (AvgIpc) is 2.81. The number of hydrogen-bond acceptors (Lipinski definition) is 3. The van der Waals surface area contributed by atoms with E-state index < -0.39 is 11.8 Å². The van der Waals surface area contributed by atoms with E-state index in [1.165, 1.54) is 17.0 Å². The van der Waals surface area contributed by atoms with Gasteiger partial charge in [-0.15, -0.1) is 11.8 Å². The second kappa shape index (κ2) is 11.8. The molecule has 0 aliphatic rings. The van der Waals surface area contributed by atoms with Crippen LogP contribution in [0.5, 0.6) is 0 Å². The zero-order valence-corrected chi connectivity index (χ0v) is 18.5. The minimum atomic E-state index is -0.502. The molecule has 0 unspecified atom stereocenters. The molecule has 3 aromatic carbocycles. The first kappa shape index (κ1) is 23.1. The lowest BCUT2D eigenvalue weighted by atomic mass is 10.2. The van der Waals surface area contributed by atoms with Crippen LogP contribution < -0.4 is 20.9 Å². The molecule has 0 saturated heterocycles. The summed E-state index contributed by atoms with van der Waals surface area (Å²) in [7, 11) is 0. The Kier molecular flexibility index (Phi) is 8.51. The fraction of sp³-hybridized carbons (Fsp3) is 0.167. The van der Waals surface area contributed by atoms with E-state index in [1.54, 1.807) is 36.0 Å². The standard InChI is InChI=1S/C24H25FN4O2S/c1-32-20-14-12-18(13-15-20)27-23(30)26-16-7-17-29(19-8-3-2-4-9-19)24(31)28-22-11-6-5-10-21(22)25/h2-6,8-15H,7,16-17H2,1H3,(H,28,31)(H2,26,27,30). The van der Waals surface area contributed by atoms with Crippen molar-refractivity contribution < 1.29 is 14.0 Å². The van der Waals surface area contributed by atoms with Gasteiger partial charge >= 0.3 is 12.1 Å². The van der Waals surface area contributed by atoms with Crippen LogP contribution in [0.4, 0.5) is 31.0 Å². The van der Waals surface area contributed by atoms with E-state index in [2.05, 4.69) is 16.0 Å². The van der Waals surface area contributed by atoms with Crippen LogP contribution in [0, 0.1) is 5.82 Å². The smallest absolute Gasteiger partial charge is 0.326 e. The van der Waals surface area contributed by atoms with Gasteiger partial charge in [-0.2, -0.15) is 0 Å². The van der Waals surface area contributed by atoms with Gasteiger partial charge in [0.05, 0.1) is 5.69 Å². The molecular weight excluding hydrogens is 427 g/mol. The number of thioether (sulfide) groups is 1. The first-order valence-electron chi connectivity index (χ1n) is 10.1. The summed E-state index contributed by atoms with van der Waals surface area (Å²) in [6.07, 6.45) is 2.50. The lowest BCUT2D eigenvalue weighted by Crippen LogP contribution is -2.38. The predicted molar refractivity (Wildman–Crippen MR) is 129 cm³/mol. The minimum absolute atomic E-state index is 0.114. The Morgan fingerprint density at radius 2 is 1.59 bits per heavy atom. The molecule has 0 aromatic heterocycles. The van der Waals surface area contributed by atoms with Crippen molar-refractivity contribution in [3.63, 3.8) is 0 Å². The van der Waals surface area contributed by atoms with Crippen LogP contribution in [-0.2, 0) is 0 Å². The molecule has 0 aliphatic heterocycles. The van der Waals surface area contributed by atoms with Crippen molar-refractivity contribution in [1.82, 2.24) is 5.32 Å². The largest absolute Gasteiger partial charge is 0.338 e. The summed E-state index contributed by atoms with van der Waals surface area (Å²) in [4.78, 5) is 27.6. The van der Waals surface area contributed by atoms with Crippen molar-refractivity contribution >= 4 is 40.9 Å². The predicted octanol–water partition coefficient (Wildman–Crippen LogP) is 5.80. The van der Waals surface area contributed by atoms with Crippen molar-refractivity contribution in [2.45, 2.75) is 11.3 Å². The Bertz CT molecular complexity index is 1030. The van der Waals surface area contributed by atoms with Gasteiger partial charge in [-0.25, -0.2) is 14.0 Å². The maximum atomic E-state index is 13.9. The molecule has 0 fully saturated rings. The van der Waals surface area contributed by atoms with Crippen molar-refractivity contribution in [1.29, 1.82) is 0 Å². The molecule has 0 spiro atoms. The van der Waals surface area contributed by atoms with E-state index >= 15 is 0 Å². The summed E-state index contributed by atoms with van der Waals surface area (Å²) in [5.74, 6) is -0.502. The number of benzene rings is 3. The Labute approximate surface area is 191 Å². The summed E-state index contributed by atoms with van der Waals surface area (Å²) >= 11 is 1.63. The number of anilines is 3. The topological polar surface area (TPSA) is 73.5 Å². The molecule has 0 atom stereocenters. The highest BCUT2D eigenvalue weighted by atomic mass is 32.2. The highest BCUT2D eigenvalue weighted by Crippen LogP contribution is 2.19. The van der Waals surface area contributed by atoms with Gasteiger partial charge in [0.2, 0.25) is 0 Å². The fourth-order valence-electron chi connectivity index (χ4n) is 2.99. The van der Waals surface area contributed by atoms with E-state index in [-0.39, 0.29) is 11.7 Å². The van der Waals surface area contributed by atoms with Crippen LogP contribution in [0.15, 0.2) is 83.8 Å². The number of para-hydroxylation sites is 2. The second-order valence-electron chi connectivity index (χ2n) is 6.86. The number of carbonyl (C=O) groups excluding carboxylic acids is 2. The first-order valence-corrected chi connectivity index (χ1v) is 11.4. The fourth-order valence-corrected chi connectivity index (χ4v) is 3.40. The van der Waals surface area contributed by atoms with E-state index in [4.69, 9.17) is 0 Å². The molecule has 3 rings (SSSR count). The van der Waals surface area contributed by atoms with Gasteiger partial charge in [-0.1, -0.05) is 30.3 Å². The normalized spacial score (nSPS) is 10.3. The molecule has 0 bridgehead atoms. The number of rotatable bonds is 8. The van der Waals surface area contributed by atoms with Gasteiger partial charge in [0.15, 0.2) is 0 Å². The Hall–Kier alpha value is -3.52. The minimum Gasteiger partial charge on any atom is -0.338 e. The van der Waals surface area contributed by atoms with Gasteiger partial charge < -0.3 is 16.0 Å². The van der Waals surface area contributed by atoms with Gasteiger partial charge in [0.1, 0.15) is 5.82 Å². The number of carbonyl (C=O) groups is 2. The molecule has 166 valence electrons. The van der Waals surface area contributed by atoms with Crippen molar-refractivity contribution in [3.8, 4) is 0 Å². The molecule has 0 radical (unpaired) electrons. The van der Waals surface area contributed by atoms with Crippen molar-refractivity contribution in [3.05, 3.63) is 84.7 Å². The van der Waals surface area contributed by atoms with Gasteiger partial charge in [0.25, 0.3) is 0 Å². The molecule has 3 aromatic rings. The zero-order chi connectivity index (χ0) is 22.8. The zero-order valence-electron chi connectivity index (χ0n) is 17.7. The van der Waals surface area contributed by atoms with Crippen LogP contribution in [0.25, 0.3) is 0 Å². The molecular formula is C24H25FN4O2S. The van der Waals surface area contributed by atoms with Gasteiger partial charge in [-0.3, -0.25) is 4.90 Å². The number of halogens is 1. The number of urea groups is 2. The average molecular weight is 453 g/mol. The second-order valence-corrected chi connectivity index (χ2v) is 7.74. The highest BCUT2D eigenvalue weighted by Gasteiger charge is 2.17. The molecule has 0 aliphatic carbocycles. The van der Waals surface area contributed by atoms with E-state index in [9.17, 15) is 14.0 Å². The molecule has 0 saturated carbocycles. The van der Waals surface area contributed by atoms with Crippen LogP contribution in [-0.4, -0.2) is 31.4 Å². The molecule has 32 heavy (non-hydrogen) atoms. The van der Waals surface area contributed by atoms with E-state index in [0.717, 1.165) is 4.90 Å². The highest BCUT2D eigenvalue weighted by molar-refractivity contribution is 7.98. The monoisotopic (exact) mass is 452 g/mol. The lowest BCUT2D eigenvalue weighted by molar-refractivity contribution is 0.252. The SMILES string of the molecule is CSc1ccc(NC(=O)NCCCN(C(=O)Nc2ccccc2F)c2ccccc2)cc1. The van der Waals surface area contributed by atoms with Crippen LogP contribution in [0.3, 0.4) is 0 Å². The summed E-state index contributed by atoms with van der Waals surface area (Å²) in [5, 5.41) is 8.18. The van der Waals surface area contributed by atoms with Crippen molar-refractivity contribution in [2.75, 3.05) is 34.9 Å². The molecule has 3 N–H and O–H groups in total. The number of nitrogens with zero attached hydrogens (tertiary/aromatic N) is 1. The Morgan fingerprint density at radius 1 is 0.906 bits per heavy atom. The summed E-state index contributed by atoms with van der Waals surface area (Å²) in [5.41, 5.74) is 1.50. The first-order chi connectivity index (χ1) is 15.6. The Balaban J connectivity index is 1.54. The van der Waals surface area contributed by atoms with Crippen LogP contribution in [0.2, 0.25) is 0 Å². The third kappa shape index (κ3) is 6.75. The van der Waals surface area contributed by atoms with Gasteiger partial charge in [0, 0.05) is 29.4 Å². The molecule has 4 amide bonds. The number of nitrogens with one attached hydrogen (secondary N) is 3. The van der Waals surface area contributed by atoms with E-state index in [0.29, 0.717) is 30.9 Å². The maximum absolute atomic E-state index is 13.9. The summed E-state index contributed by atoms with van der Waals surface area (Å²) in [6, 6.07) is 21.9. The third-order valence-electron chi connectivity index (χ3n) is 4.62.